The number of carboxylic acid groups (broad SMARTS) is 1. The average molecular weight is 226 g/mol. The predicted octanol–water partition coefficient (Wildman–Crippen LogP) is 1.58. The van der Waals surface area contributed by atoms with Gasteiger partial charge in [-0.2, -0.15) is 0 Å². The van der Waals surface area contributed by atoms with E-state index in [9.17, 15) is 4.79 Å². The van der Waals surface area contributed by atoms with Crippen LogP contribution in [0, 0.1) is 0 Å². The predicted molar refractivity (Wildman–Crippen MR) is 57.8 cm³/mol. The van der Waals surface area contributed by atoms with Crippen molar-refractivity contribution in [3.8, 4) is 0 Å². The molecule has 2 rings (SSSR count). The van der Waals surface area contributed by atoms with Crippen LogP contribution in [0.3, 0.4) is 0 Å². The molecule has 15 heavy (non-hydrogen) atoms. The first kappa shape index (κ1) is 10.6. The number of aliphatic carboxylic acids is 1. The molecule has 1 atom stereocenters. The molecular weight excluding hydrogens is 212 g/mol. The Kier molecular flexibility index (Phi) is 3.33. The molecule has 1 N–H and O–H groups in total. The molecule has 5 heteroatoms. The van der Waals surface area contributed by atoms with E-state index in [1.165, 1.54) is 0 Å². The minimum Gasteiger partial charge on any atom is -0.481 e. The number of carbonyl (C=O) groups is 1. The standard InChI is InChI=1S/C10H14N2O2S/c13-10(14)6-8-2-1-4-12(8)7-9-11-3-5-15-9/h3,5,8H,1-2,4,6-7H2,(H,13,14). The third-order valence-electron chi connectivity index (χ3n) is 2.73. The van der Waals surface area contributed by atoms with Crippen molar-refractivity contribution >= 4 is 17.3 Å². The van der Waals surface area contributed by atoms with E-state index in [0.29, 0.717) is 0 Å². The molecule has 82 valence electrons. The lowest BCUT2D eigenvalue weighted by Gasteiger charge is -2.21. The van der Waals surface area contributed by atoms with Gasteiger partial charge in [0.05, 0.1) is 13.0 Å². The number of hydrogen-bond donors (Lipinski definition) is 1. The maximum absolute atomic E-state index is 10.7. The average Bonchev–Trinajstić information content (AvgIpc) is 2.78. The zero-order chi connectivity index (χ0) is 10.7. The second-order valence-corrected chi connectivity index (χ2v) is 4.77. The third-order valence-corrected chi connectivity index (χ3v) is 3.50. The van der Waals surface area contributed by atoms with Gasteiger partial charge in [-0.3, -0.25) is 9.69 Å². The van der Waals surface area contributed by atoms with E-state index >= 15 is 0 Å². The highest BCUT2D eigenvalue weighted by Crippen LogP contribution is 2.22. The van der Waals surface area contributed by atoms with Gasteiger partial charge in [0.15, 0.2) is 0 Å². The number of hydrogen-bond acceptors (Lipinski definition) is 4. The van der Waals surface area contributed by atoms with Gasteiger partial charge < -0.3 is 5.11 Å². The van der Waals surface area contributed by atoms with Crippen LogP contribution >= 0.6 is 11.3 Å². The molecule has 2 heterocycles. The zero-order valence-electron chi connectivity index (χ0n) is 8.43. The van der Waals surface area contributed by atoms with Crippen molar-refractivity contribution in [2.24, 2.45) is 0 Å². The Morgan fingerprint density at radius 3 is 3.27 bits per heavy atom. The summed E-state index contributed by atoms with van der Waals surface area (Å²) in [4.78, 5) is 17.1. The van der Waals surface area contributed by atoms with Gasteiger partial charge in [-0.25, -0.2) is 4.98 Å². The smallest absolute Gasteiger partial charge is 0.304 e. The number of nitrogens with zero attached hydrogens (tertiary/aromatic N) is 2. The normalized spacial score (nSPS) is 22.0. The first-order chi connectivity index (χ1) is 7.25. The maximum Gasteiger partial charge on any atom is 0.304 e. The second-order valence-electron chi connectivity index (χ2n) is 3.79. The molecule has 1 aromatic rings. The van der Waals surface area contributed by atoms with Gasteiger partial charge in [0.1, 0.15) is 5.01 Å². The molecule has 1 aliphatic heterocycles. The number of thiazole rings is 1. The van der Waals surface area contributed by atoms with Gasteiger partial charge >= 0.3 is 5.97 Å². The molecule has 1 saturated heterocycles. The Hall–Kier alpha value is -0.940. The number of aromatic nitrogens is 1. The first-order valence-corrected chi connectivity index (χ1v) is 5.98. The Balaban J connectivity index is 1.93. The van der Waals surface area contributed by atoms with Crippen molar-refractivity contribution in [3.63, 3.8) is 0 Å². The summed E-state index contributed by atoms with van der Waals surface area (Å²) in [5.41, 5.74) is 0. The summed E-state index contributed by atoms with van der Waals surface area (Å²) in [5.74, 6) is -0.703. The zero-order valence-corrected chi connectivity index (χ0v) is 9.24. The number of likely N-dealkylation sites (tertiary alicyclic amines) is 1. The van der Waals surface area contributed by atoms with Crippen molar-refractivity contribution in [2.75, 3.05) is 6.54 Å². The summed E-state index contributed by atoms with van der Waals surface area (Å²) < 4.78 is 0. The summed E-state index contributed by atoms with van der Waals surface area (Å²) >= 11 is 1.63. The van der Waals surface area contributed by atoms with Crippen molar-refractivity contribution in [1.29, 1.82) is 0 Å². The summed E-state index contributed by atoms with van der Waals surface area (Å²) in [6.07, 6.45) is 4.15. The first-order valence-electron chi connectivity index (χ1n) is 5.10. The molecule has 0 bridgehead atoms. The molecule has 0 aromatic carbocycles. The lowest BCUT2D eigenvalue weighted by atomic mass is 10.1. The fourth-order valence-corrected chi connectivity index (χ4v) is 2.68. The highest BCUT2D eigenvalue weighted by Gasteiger charge is 2.26. The minimum absolute atomic E-state index is 0.200. The van der Waals surface area contributed by atoms with Crippen LogP contribution < -0.4 is 0 Å². The SMILES string of the molecule is O=C(O)CC1CCCN1Cc1nccs1. The van der Waals surface area contributed by atoms with Crippen LogP contribution in [0.1, 0.15) is 24.3 Å². The minimum atomic E-state index is -0.703. The van der Waals surface area contributed by atoms with Crippen LogP contribution in [0.4, 0.5) is 0 Å². The van der Waals surface area contributed by atoms with E-state index in [2.05, 4.69) is 9.88 Å². The lowest BCUT2D eigenvalue weighted by Crippen LogP contribution is -2.30. The van der Waals surface area contributed by atoms with Crippen molar-refractivity contribution in [2.45, 2.75) is 31.8 Å². The summed E-state index contributed by atoms with van der Waals surface area (Å²) in [6, 6.07) is 0.200. The highest BCUT2D eigenvalue weighted by atomic mass is 32.1. The number of rotatable bonds is 4. The van der Waals surface area contributed by atoms with Gasteiger partial charge in [0.2, 0.25) is 0 Å². The molecule has 0 spiro atoms. The van der Waals surface area contributed by atoms with Crippen molar-refractivity contribution in [3.05, 3.63) is 16.6 Å². The van der Waals surface area contributed by atoms with Crippen molar-refractivity contribution < 1.29 is 9.90 Å². The fraction of sp³-hybridized carbons (Fsp3) is 0.600. The molecule has 0 amide bonds. The van der Waals surface area contributed by atoms with E-state index in [4.69, 9.17) is 5.11 Å². The molecule has 1 unspecified atom stereocenters. The van der Waals surface area contributed by atoms with Gasteiger partial charge in [-0.15, -0.1) is 11.3 Å². The molecule has 1 aliphatic rings. The third kappa shape index (κ3) is 2.76. The quantitative estimate of drug-likeness (QED) is 0.847. The number of carboxylic acids is 1. The largest absolute Gasteiger partial charge is 0.481 e. The molecule has 1 aromatic heterocycles. The van der Waals surface area contributed by atoms with Gasteiger partial charge in [-0.05, 0) is 19.4 Å². The van der Waals surface area contributed by atoms with Crippen LogP contribution in [0.15, 0.2) is 11.6 Å². The monoisotopic (exact) mass is 226 g/mol. The van der Waals surface area contributed by atoms with Crippen LogP contribution in [0.5, 0.6) is 0 Å². The van der Waals surface area contributed by atoms with E-state index < -0.39 is 5.97 Å². The summed E-state index contributed by atoms with van der Waals surface area (Å²) in [5, 5.41) is 11.8. The summed E-state index contributed by atoms with van der Waals surface area (Å²) in [6.45, 7) is 1.80. The Bertz CT molecular complexity index is 326. The van der Waals surface area contributed by atoms with E-state index in [-0.39, 0.29) is 12.5 Å². The van der Waals surface area contributed by atoms with Crippen molar-refractivity contribution in [1.82, 2.24) is 9.88 Å². The fourth-order valence-electron chi connectivity index (χ4n) is 2.04. The molecule has 0 aliphatic carbocycles. The highest BCUT2D eigenvalue weighted by molar-refractivity contribution is 7.09. The van der Waals surface area contributed by atoms with Crippen LogP contribution in [0.2, 0.25) is 0 Å². The van der Waals surface area contributed by atoms with E-state index in [1.54, 1.807) is 17.5 Å². The Morgan fingerprint density at radius 2 is 2.60 bits per heavy atom. The second kappa shape index (κ2) is 4.72. The van der Waals surface area contributed by atoms with Crippen LogP contribution in [-0.2, 0) is 11.3 Å². The van der Waals surface area contributed by atoms with Gasteiger partial charge in [-0.1, -0.05) is 0 Å². The maximum atomic E-state index is 10.7. The Labute approximate surface area is 92.6 Å². The van der Waals surface area contributed by atoms with Crippen LogP contribution in [0.25, 0.3) is 0 Å². The topological polar surface area (TPSA) is 53.4 Å². The van der Waals surface area contributed by atoms with Gasteiger partial charge in [0, 0.05) is 17.6 Å². The van der Waals surface area contributed by atoms with Gasteiger partial charge in [0.25, 0.3) is 0 Å². The molecule has 4 nitrogen and oxygen atoms in total. The Morgan fingerprint density at radius 1 is 1.73 bits per heavy atom. The van der Waals surface area contributed by atoms with E-state index in [0.717, 1.165) is 30.9 Å². The molecular formula is C10H14N2O2S. The molecule has 1 fully saturated rings. The van der Waals surface area contributed by atoms with E-state index in [1.807, 2.05) is 5.38 Å². The molecule has 0 radical (unpaired) electrons. The summed E-state index contributed by atoms with van der Waals surface area (Å²) in [7, 11) is 0. The molecule has 0 saturated carbocycles. The van der Waals surface area contributed by atoms with Crippen LogP contribution in [-0.4, -0.2) is 33.5 Å². The lowest BCUT2D eigenvalue weighted by molar-refractivity contribution is -0.138.